The zero-order valence-corrected chi connectivity index (χ0v) is 12.7. The second kappa shape index (κ2) is 6.20. The molecule has 1 saturated heterocycles. The number of carbonyl (C=O) groups excluding carboxylic acids is 3. The van der Waals surface area contributed by atoms with E-state index in [0.717, 1.165) is 5.56 Å². The van der Waals surface area contributed by atoms with Gasteiger partial charge in [-0.2, -0.15) is 0 Å². The predicted octanol–water partition coefficient (Wildman–Crippen LogP) is 1.87. The van der Waals surface area contributed by atoms with E-state index in [1.54, 1.807) is 12.1 Å². The molecule has 1 atom stereocenters. The minimum Gasteiger partial charge on any atom is -0.370 e. The Morgan fingerprint density at radius 1 is 1.26 bits per heavy atom. The van der Waals surface area contributed by atoms with Crippen LogP contribution in [-0.2, 0) is 20.8 Å². The van der Waals surface area contributed by atoms with Gasteiger partial charge in [-0.1, -0.05) is 36.4 Å². The SMILES string of the molecule is NC(=O)CCCc1ccccc1N1C(=O)C2=CC=CCC2C1=O. The van der Waals surface area contributed by atoms with Gasteiger partial charge >= 0.3 is 0 Å². The number of para-hydroxylation sites is 1. The molecule has 1 heterocycles. The molecule has 23 heavy (non-hydrogen) atoms. The quantitative estimate of drug-likeness (QED) is 0.843. The van der Waals surface area contributed by atoms with Gasteiger partial charge in [-0.3, -0.25) is 14.4 Å². The summed E-state index contributed by atoms with van der Waals surface area (Å²) in [5.41, 5.74) is 7.22. The lowest BCUT2D eigenvalue weighted by molar-refractivity contribution is -0.122. The Labute approximate surface area is 134 Å². The highest BCUT2D eigenvalue weighted by molar-refractivity contribution is 6.29. The Balaban J connectivity index is 1.88. The van der Waals surface area contributed by atoms with E-state index in [0.29, 0.717) is 30.5 Å². The molecule has 0 aromatic heterocycles. The van der Waals surface area contributed by atoms with Crippen LogP contribution < -0.4 is 10.6 Å². The van der Waals surface area contributed by atoms with Crippen molar-refractivity contribution in [2.75, 3.05) is 4.90 Å². The number of aryl methyl sites for hydroxylation is 1. The lowest BCUT2D eigenvalue weighted by Gasteiger charge is -2.18. The number of hydrogen-bond donors (Lipinski definition) is 1. The highest BCUT2D eigenvalue weighted by Gasteiger charge is 2.44. The molecule has 1 aromatic rings. The number of rotatable bonds is 5. The second-order valence-electron chi connectivity index (χ2n) is 5.77. The molecule has 1 fully saturated rings. The van der Waals surface area contributed by atoms with Crippen LogP contribution in [0.25, 0.3) is 0 Å². The smallest absolute Gasteiger partial charge is 0.261 e. The number of fused-ring (bicyclic) bond motifs is 1. The minimum atomic E-state index is -0.369. The largest absolute Gasteiger partial charge is 0.370 e. The highest BCUT2D eigenvalue weighted by Crippen LogP contribution is 2.36. The summed E-state index contributed by atoms with van der Waals surface area (Å²) in [5, 5.41) is 0. The molecule has 1 unspecified atom stereocenters. The maximum Gasteiger partial charge on any atom is 0.261 e. The number of carbonyl (C=O) groups is 3. The van der Waals surface area contributed by atoms with Crippen molar-refractivity contribution in [2.24, 2.45) is 11.7 Å². The zero-order valence-electron chi connectivity index (χ0n) is 12.7. The number of hydrogen-bond acceptors (Lipinski definition) is 3. The summed E-state index contributed by atoms with van der Waals surface area (Å²) < 4.78 is 0. The monoisotopic (exact) mass is 310 g/mol. The first-order chi connectivity index (χ1) is 11.1. The molecule has 0 radical (unpaired) electrons. The molecule has 1 aliphatic heterocycles. The highest BCUT2D eigenvalue weighted by atomic mass is 16.2. The van der Waals surface area contributed by atoms with E-state index >= 15 is 0 Å². The number of primary amides is 1. The van der Waals surface area contributed by atoms with Gasteiger partial charge in [-0.15, -0.1) is 0 Å². The topological polar surface area (TPSA) is 80.5 Å². The molecule has 3 rings (SSSR count). The number of amides is 3. The normalized spacial score (nSPS) is 19.7. The fourth-order valence-corrected chi connectivity index (χ4v) is 3.09. The third-order valence-corrected chi connectivity index (χ3v) is 4.23. The van der Waals surface area contributed by atoms with Crippen LogP contribution in [0.5, 0.6) is 0 Å². The van der Waals surface area contributed by atoms with Crippen LogP contribution in [0.3, 0.4) is 0 Å². The minimum absolute atomic E-state index is 0.173. The molecule has 3 amide bonds. The summed E-state index contributed by atoms with van der Waals surface area (Å²) in [5.74, 6) is -1.14. The Morgan fingerprint density at radius 2 is 2.04 bits per heavy atom. The van der Waals surface area contributed by atoms with Crippen LogP contribution in [0.15, 0.2) is 48.1 Å². The molecular weight excluding hydrogens is 292 g/mol. The molecule has 2 aliphatic rings. The second-order valence-corrected chi connectivity index (χ2v) is 5.77. The van der Waals surface area contributed by atoms with Gasteiger partial charge in [0.05, 0.1) is 11.6 Å². The van der Waals surface area contributed by atoms with Gasteiger partial charge in [-0.25, -0.2) is 4.90 Å². The van der Waals surface area contributed by atoms with Crippen molar-refractivity contribution in [3.8, 4) is 0 Å². The van der Waals surface area contributed by atoms with Crippen LogP contribution in [0.4, 0.5) is 5.69 Å². The molecule has 1 aliphatic carbocycles. The molecule has 5 heteroatoms. The van der Waals surface area contributed by atoms with E-state index in [1.807, 2.05) is 30.4 Å². The standard InChI is InChI=1S/C18H18N2O3/c19-16(21)11-5-7-12-6-1-4-10-15(12)20-17(22)13-8-2-3-9-14(13)18(20)23/h1-4,6,8,10,14H,5,7,9,11H2,(H2,19,21). The van der Waals surface area contributed by atoms with Crippen LogP contribution in [0.2, 0.25) is 0 Å². The van der Waals surface area contributed by atoms with Gasteiger partial charge in [0.25, 0.3) is 5.91 Å². The fraction of sp³-hybridized carbons (Fsp3) is 0.278. The predicted molar refractivity (Wildman–Crippen MR) is 86.4 cm³/mol. The maximum absolute atomic E-state index is 12.6. The number of nitrogens with zero attached hydrogens (tertiary/aromatic N) is 1. The summed E-state index contributed by atoms with van der Waals surface area (Å²) in [6.45, 7) is 0. The zero-order chi connectivity index (χ0) is 16.4. The van der Waals surface area contributed by atoms with Crippen molar-refractivity contribution in [3.63, 3.8) is 0 Å². The fourth-order valence-electron chi connectivity index (χ4n) is 3.09. The van der Waals surface area contributed by atoms with Crippen molar-refractivity contribution in [3.05, 3.63) is 53.6 Å². The van der Waals surface area contributed by atoms with E-state index in [4.69, 9.17) is 5.73 Å². The molecule has 1 aromatic carbocycles. The number of allylic oxidation sites excluding steroid dienone is 3. The first kappa shape index (κ1) is 15.2. The van der Waals surface area contributed by atoms with Crippen LogP contribution >= 0.6 is 0 Å². The Hall–Kier alpha value is -2.69. The molecule has 5 nitrogen and oxygen atoms in total. The van der Waals surface area contributed by atoms with Crippen molar-refractivity contribution in [1.82, 2.24) is 0 Å². The Bertz CT molecular complexity index is 734. The summed E-state index contributed by atoms with van der Waals surface area (Å²) >= 11 is 0. The van der Waals surface area contributed by atoms with Gasteiger partial charge in [0.15, 0.2) is 0 Å². The molecular formula is C18H18N2O3. The third-order valence-electron chi connectivity index (χ3n) is 4.23. The van der Waals surface area contributed by atoms with E-state index in [9.17, 15) is 14.4 Å². The van der Waals surface area contributed by atoms with Crippen LogP contribution in [0.1, 0.15) is 24.8 Å². The van der Waals surface area contributed by atoms with Crippen molar-refractivity contribution in [1.29, 1.82) is 0 Å². The van der Waals surface area contributed by atoms with E-state index in [1.165, 1.54) is 4.90 Å². The number of benzene rings is 1. The van der Waals surface area contributed by atoms with Crippen molar-refractivity contribution in [2.45, 2.75) is 25.7 Å². The summed E-state index contributed by atoms with van der Waals surface area (Å²) in [7, 11) is 0. The Kier molecular flexibility index (Phi) is 4.10. The molecule has 0 spiro atoms. The van der Waals surface area contributed by atoms with Gasteiger partial charge in [0.1, 0.15) is 0 Å². The van der Waals surface area contributed by atoms with Crippen molar-refractivity contribution >= 4 is 23.4 Å². The number of imide groups is 1. The molecule has 118 valence electrons. The lowest BCUT2D eigenvalue weighted by Crippen LogP contribution is -2.31. The average Bonchev–Trinajstić information content (AvgIpc) is 2.80. The van der Waals surface area contributed by atoms with Crippen LogP contribution in [-0.4, -0.2) is 17.7 Å². The van der Waals surface area contributed by atoms with Gasteiger partial charge < -0.3 is 5.73 Å². The Morgan fingerprint density at radius 3 is 2.78 bits per heavy atom. The van der Waals surface area contributed by atoms with Gasteiger partial charge in [0.2, 0.25) is 11.8 Å². The third kappa shape index (κ3) is 2.82. The molecule has 2 N–H and O–H groups in total. The van der Waals surface area contributed by atoms with Gasteiger partial charge in [-0.05, 0) is 30.9 Å². The van der Waals surface area contributed by atoms with Crippen molar-refractivity contribution < 1.29 is 14.4 Å². The van der Waals surface area contributed by atoms with E-state index in [-0.39, 0.29) is 30.1 Å². The van der Waals surface area contributed by atoms with E-state index in [2.05, 4.69) is 0 Å². The van der Waals surface area contributed by atoms with Crippen LogP contribution in [0, 0.1) is 5.92 Å². The first-order valence-electron chi connectivity index (χ1n) is 7.71. The number of nitrogens with two attached hydrogens (primary N) is 1. The summed E-state index contributed by atoms with van der Waals surface area (Å²) in [6, 6.07) is 7.33. The molecule has 0 bridgehead atoms. The first-order valence-corrected chi connectivity index (χ1v) is 7.71. The van der Waals surface area contributed by atoms with Gasteiger partial charge in [0, 0.05) is 12.0 Å². The number of anilines is 1. The summed E-state index contributed by atoms with van der Waals surface area (Å²) in [6.07, 6.45) is 7.49. The van der Waals surface area contributed by atoms with E-state index < -0.39 is 0 Å². The molecule has 0 saturated carbocycles. The lowest BCUT2D eigenvalue weighted by atomic mass is 9.94. The summed E-state index contributed by atoms with van der Waals surface area (Å²) in [4.78, 5) is 37.4. The maximum atomic E-state index is 12.6. The average molecular weight is 310 g/mol.